The average molecular weight is 130 g/mol. The average Bonchev–Trinajstić information content (AvgIpc) is 2.39. The minimum absolute atomic E-state index is 0.0878. The van der Waals surface area contributed by atoms with Gasteiger partial charge in [-0.2, -0.15) is 0 Å². The molecule has 1 aliphatic rings. The van der Waals surface area contributed by atoms with Crippen molar-refractivity contribution in [1.29, 1.82) is 0 Å². The predicted octanol–water partition coefficient (Wildman–Crippen LogP) is 1.28. The van der Waals surface area contributed by atoms with E-state index in [2.05, 4.69) is 6.58 Å². The van der Waals surface area contributed by atoms with Gasteiger partial charge in [0.2, 0.25) is 0 Å². The van der Waals surface area contributed by atoms with Crippen molar-refractivity contribution in [3.63, 3.8) is 0 Å². The molecule has 0 unspecified atom stereocenters. The van der Waals surface area contributed by atoms with Gasteiger partial charge >= 0.3 is 0 Å². The summed E-state index contributed by atoms with van der Waals surface area (Å²) in [5, 5.41) is 8.64. The van der Waals surface area contributed by atoms with Crippen LogP contribution in [0, 0.1) is 5.41 Å². The maximum absolute atomic E-state index is 13.0. The standard InChI is InChI=1S/C7H11FO/c1-3-7(8)4-6(7,2)5-9/h3,9H,1,4-5H2,2H3/t6-,7-/m0/s1. The summed E-state index contributed by atoms with van der Waals surface area (Å²) in [5.74, 6) is 0. The van der Waals surface area contributed by atoms with Gasteiger partial charge in [0.1, 0.15) is 5.67 Å². The smallest absolute Gasteiger partial charge is 0.137 e. The third-order valence-corrected chi connectivity index (χ3v) is 2.20. The second-order valence-electron chi connectivity index (χ2n) is 2.96. The molecule has 0 aromatic rings. The first kappa shape index (κ1) is 6.75. The molecule has 0 aromatic carbocycles. The normalized spacial score (nSPS) is 48.8. The Labute approximate surface area is 54.2 Å². The lowest BCUT2D eigenvalue weighted by atomic mass is 10.1. The number of alkyl halides is 1. The molecule has 1 fully saturated rings. The Morgan fingerprint density at radius 3 is 2.56 bits per heavy atom. The van der Waals surface area contributed by atoms with Gasteiger partial charge in [0.05, 0.1) is 6.61 Å². The van der Waals surface area contributed by atoms with E-state index in [1.54, 1.807) is 6.92 Å². The van der Waals surface area contributed by atoms with E-state index >= 15 is 0 Å². The Balaban J connectivity index is 2.64. The summed E-state index contributed by atoms with van der Waals surface area (Å²) in [4.78, 5) is 0. The lowest BCUT2D eigenvalue weighted by Gasteiger charge is -2.06. The topological polar surface area (TPSA) is 20.2 Å². The van der Waals surface area contributed by atoms with Crippen molar-refractivity contribution in [2.45, 2.75) is 19.0 Å². The minimum Gasteiger partial charge on any atom is -0.396 e. The summed E-state index contributed by atoms with van der Waals surface area (Å²) in [6, 6.07) is 0. The highest BCUT2D eigenvalue weighted by molar-refractivity contribution is 5.22. The van der Waals surface area contributed by atoms with Gasteiger partial charge in [-0.3, -0.25) is 0 Å². The molecule has 2 atom stereocenters. The summed E-state index contributed by atoms with van der Waals surface area (Å²) < 4.78 is 13.0. The van der Waals surface area contributed by atoms with Crippen molar-refractivity contribution in [2.75, 3.05) is 6.61 Å². The highest BCUT2D eigenvalue weighted by atomic mass is 19.1. The van der Waals surface area contributed by atoms with Crippen molar-refractivity contribution in [1.82, 2.24) is 0 Å². The maximum atomic E-state index is 13.0. The number of aliphatic hydroxyl groups is 1. The molecule has 0 aromatic heterocycles. The van der Waals surface area contributed by atoms with Crippen LogP contribution in [0.2, 0.25) is 0 Å². The molecule has 1 rings (SSSR count). The monoisotopic (exact) mass is 130 g/mol. The van der Waals surface area contributed by atoms with Crippen LogP contribution in [-0.4, -0.2) is 17.4 Å². The number of hydrogen-bond donors (Lipinski definition) is 1. The van der Waals surface area contributed by atoms with Crippen molar-refractivity contribution in [3.05, 3.63) is 12.7 Å². The third-order valence-electron chi connectivity index (χ3n) is 2.20. The number of halogens is 1. The van der Waals surface area contributed by atoms with Crippen LogP contribution in [-0.2, 0) is 0 Å². The molecular formula is C7H11FO. The summed E-state index contributed by atoms with van der Waals surface area (Å²) >= 11 is 0. The zero-order valence-corrected chi connectivity index (χ0v) is 5.52. The van der Waals surface area contributed by atoms with Gasteiger partial charge in [0, 0.05) is 5.41 Å². The van der Waals surface area contributed by atoms with E-state index in [-0.39, 0.29) is 6.61 Å². The van der Waals surface area contributed by atoms with Crippen LogP contribution in [0.5, 0.6) is 0 Å². The molecule has 1 nitrogen and oxygen atoms in total. The van der Waals surface area contributed by atoms with Crippen molar-refractivity contribution in [3.8, 4) is 0 Å². The van der Waals surface area contributed by atoms with Gasteiger partial charge in [-0.05, 0) is 6.42 Å². The van der Waals surface area contributed by atoms with Gasteiger partial charge in [-0.25, -0.2) is 4.39 Å². The zero-order chi connectivity index (χ0) is 7.12. The predicted molar refractivity (Wildman–Crippen MR) is 33.8 cm³/mol. The Morgan fingerprint density at radius 1 is 1.89 bits per heavy atom. The molecule has 0 amide bonds. The molecule has 1 aliphatic carbocycles. The molecule has 2 heteroatoms. The Bertz CT molecular complexity index is 146. The van der Waals surface area contributed by atoms with Crippen molar-refractivity contribution < 1.29 is 9.50 Å². The SMILES string of the molecule is C=C[C@]1(F)C[C@@]1(C)CO. The first-order valence-corrected chi connectivity index (χ1v) is 3.01. The molecule has 0 saturated heterocycles. The molecule has 0 heterocycles. The largest absolute Gasteiger partial charge is 0.396 e. The van der Waals surface area contributed by atoms with Crippen LogP contribution < -0.4 is 0 Å². The van der Waals surface area contributed by atoms with Crippen molar-refractivity contribution >= 4 is 0 Å². The minimum atomic E-state index is -1.29. The van der Waals surface area contributed by atoms with E-state index in [1.165, 1.54) is 6.08 Å². The summed E-state index contributed by atoms with van der Waals surface area (Å²) in [6.45, 7) is 4.98. The number of hydrogen-bond acceptors (Lipinski definition) is 1. The van der Waals surface area contributed by atoms with E-state index in [4.69, 9.17) is 5.11 Å². The number of rotatable bonds is 2. The number of aliphatic hydroxyl groups excluding tert-OH is 1. The molecule has 52 valence electrons. The number of allylic oxidation sites excluding steroid dienone is 1. The van der Waals surface area contributed by atoms with Crippen LogP contribution in [0.4, 0.5) is 4.39 Å². The van der Waals surface area contributed by atoms with E-state index in [0.717, 1.165) is 0 Å². The lowest BCUT2D eigenvalue weighted by molar-refractivity contribution is 0.175. The summed E-state index contributed by atoms with van der Waals surface area (Å²) in [5.41, 5.74) is -1.82. The van der Waals surface area contributed by atoms with Crippen LogP contribution in [0.25, 0.3) is 0 Å². The van der Waals surface area contributed by atoms with Crippen LogP contribution in [0.1, 0.15) is 13.3 Å². The molecule has 0 bridgehead atoms. The maximum Gasteiger partial charge on any atom is 0.137 e. The fourth-order valence-electron chi connectivity index (χ4n) is 1.03. The highest BCUT2D eigenvalue weighted by Crippen LogP contribution is 2.59. The fourth-order valence-corrected chi connectivity index (χ4v) is 1.03. The lowest BCUT2D eigenvalue weighted by Crippen LogP contribution is -2.12. The molecular weight excluding hydrogens is 119 g/mol. The van der Waals surface area contributed by atoms with E-state index in [9.17, 15) is 4.39 Å². The third kappa shape index (κ3) is 0.697. The molecule has 9 heavy (non-hydrogen) atoms. The van der Waals surface area contributed by atoms with Gasteiger partial charge in [-0.1, -0.05) is 19.6 Å². The Kier molecular flexibility index (Phi) is 1.17. The van der Waals surface area contributed by atoms with Gasteiger partial charge in [0.15, 0.2) is 0 Å². The van der Waals surface area contributed by atoms with Gasteiger partial charge < -0.3 is 5.11 Å². The van der Waals surface area contributed by atoms with E-state index < -0.39 is 11.1 Å². The Hall–Kier alpha value is -0.370. The molecule has 0 spiro atoms. The van der Waals surface area contributed by atoms with Gasteiger partial charge in [0.25, 0.3) is 0 Å². The zero-order valence-electron chi connectivity index (χ0n) is 5.52. The van der Waals surface area contributed by atoms with Crippen LogP contribution in [0.15, 0.2) is 12.7 Å². The van der Waals surface area contributed by atoms with Crippen molar-refractivity contribution in [2.24, 2.45) is 5.41 Å². The van der Waals surface area contributed by atoms with Crippen LogP contribution >= 0.6 is 0 Å². The highest BCUT2D eigenvalue weighted by Gasteiger charge is 2.63. The molecule has 0 radical (unpaired) electrons. The van der Waals surface area contributed by atoms with E-state index in [0.29, 0.717) is 6.42 Å². The fraction of sp³-hybridized carbons (Fsp3) is 0.714. The first-order valence-electron chi connectivity index (χ1n) is 3.01. The molecule has 0 aliphatic heterocycles. The second-order valence-corrected chi connectivity index (χ2v) is 2.96. The first-order chi connectivity index (χ1) is 4.08. The quantitative estimate of drug-likeness (QED) is 0.558. The van der Waals surface area contributed by atoms with Crippen LogP contribution in [0.3, 0.4) is 0 Å². The molecule has 1 N–H and O–H groups in total. The molecule has 1 saturated carbocycles. The summed E-state index contributed by atoms with van der Waals surface area (Å²) in [6.07, 6.45) is 1.70. The van der Waals surface area contributed by atoms with Gasteiger partial charge in [-0.15, -0.1) is 0 Å². The van der Waals surface area contributed by atoms with E-state index in [1.807, 2.05) is 0 Å². The second kappa shape index (κ2) is 1.57. The summed E-state index contributed by atoms with van der Waals surface area (Å²) in [7, 11) is 0. The Morgan fingerprint density at radius 2 is 2.44 bits per heavy atom.